The number of fused-ring (bicyclic) bond motifs is 2. The van der Waals surface area contributed by atoms with Gasteiger partial charge in [-0.05, 0) is 62.7 Å². The third-order valence-corrected chi connectivity index (χ3v) is 7.13. The maximum Gasteiger partial charge on any atom is 0.222 e. The lowest BCUT2D eigenvalue weighted by Crippen LogP contribution is -2.45. The minimum absolute atomic E-state index is 0.456. The van der Waals surface area contributed by atoms with Crippen molar-refractivity contribution in [2.45, 2.75) is 89.1 Å². The summed E-state index contributed by atoms with van der Waals surface area (Å²) in [6.07, 6.45) is 15.6. The van der Waals surface area contributed by atoms with Crippen molar-refractivity contribution in [1.29, 1.82) is 0 Å². The summed E-state index contributed by atoms with van der Waals surface area (Å²) in [7, 11) is 0. The highest BCUT2D eigenvalue weighted by molar-refractivity contribution is 5.76. The molecule has 4 rings (SSSR count). The number of nitrogens with one attached hydrogen (secondary N) is 1. The van der Waals surface area contributed by atoms with Gasteiger partial charge in [-0.3, -0.25) is 4.79 Å². The predicted molar refractivity (Wildman–Crippen MR) is 88.6 cm³/mol. The van der Waals surface area contributed by atoms with Crippen molar-refractivity contribution in [3.8, 4) is 0 Å². The average molecular weight is 304 g/mol. The maximum absolute atomic E-state index is 12.7. The molecule has 3 heteroatoms. The van der Waals surface area contributed by atoms with Crippen LogP contribution in [0.4, 0.5) is 0 Å². The smallest absolute Gasteiger partial charge is 0.222 e. The molecular formula is C19H32N2O. The number of nitrogens with zero attached hydrogens (tertiary/aromatic N) is 1. The lowest BCUT2D eigenvalue weighted by Gasteiger charge is -2.44. The fraction of sp³-hybridized carbons (Fsp3) is 0.947. The number of hydrogen-bond donors (Lipinski definition) is 1. The van der Waals surface area contributed by atoms with E-state index in [0.717, 1.165) is 19.5 Å². The van der Waals surface area contributed by atoms with Gasteiger partial charge in [0.25, 0.3) is 0 Å². The van der Waals surface area contributed by atoms with Gasteiger partial charge in [-0.25, -0.2) is 0 Å². The van der Waals surface area contributed by atoms with E-state index in [1.165, 1.54) is 70.6 Å². The van der Waals surface area contributed by atoms with E-state index in [-0.39, 0.29) is 0 Å². The van der Waals surface area contributed by atoms with Crippen molar-refractivity contribution in [2.24, 2.45) is 11.3 Å². The topological polar surface area (TPSA) is 32.3 Å². The molecule has 0 radical (unpaired) electrons. The highest BCUT2D eigenvalue weighted by atomic mass is 16.2. The first-order valence-corrected chi connectivity index (χ1v) is 9.76. The first kappa shape index (κ1) is 15.0. The third-order valence-electron chi connectivity index (χ3n) is 7.13. The van der Waals surface area contributed by atoms with E-state index in [1.807, 2.05) is 0 Å². The normalized spacial score (nSPS) is 37.5. The molecule has 3 saturated heterocycles. The van der Waals surface area contributed by atoms with Gasteiger partial charge in [0.2, 0.25) is 5.91 Å². The van der Waals surface area contributed by atoms with Crippen LogP contribution in [-0.2, 0) is 4.79 Å². The van der Waals surface area contributed by atoms with Crippen molar-refractivity contribution >= 4 is 5.91 Å². The Balaban J connectivity index is 1.27. The Morgan fingerprint density at radius 2 is 1.59 bits per heavy atom. The maximum atomic E-state index is 12.7. The van der Waals surface area contributed by atoms with Gasteiger partial charge in [-0.2, -0.15) is 0 Å². The Labute approximate surface area is 135 Å². The van der Waals surface area contributed by atoms with Gasteiger partial charge in [0.1, 0.15) is 0 Å². The lowest BCUT2D eigenvalue weighted by molar-refractivity contribution is -0.135. The second kappa shape index (κ2) is 6.14. The second-order valence-electron chi connectivity index (χ2n) is 8.62. The zero-order chi connectivity index (χ0) is 15.0. The van der Waals surface area contributed by atoms with Crippen LogP contribution in [-0.4, -0.2) is 36.0 Å². The zero-order valence-corrected chi connectivity index (χ0v) is 14.0. The van der Waals surface area contributed by atoms with Gasteiger partial charge in [-0.1, -0.05) is 19.3 Å². The van der Waals surface area contributed by atoms with Gasteiger partial charge in [0, 0.05) is 31.6 Å². The number of carbonyl (C=O) groups is 1. The molecule has 0 aromatic rings. The number of hydrogen-bond acceptors (Lipinski definition) is 2. The van der Waals surface area contributed by atoms with Crippen LogP contribution in [0.1, 0.15) is 77.0 Å². The van der Waals surface area contributed by atoms with E-state index >= 15 is 0 Å². The molecule has 1 N–H and O–H groups in total. The quantitative estimate of drug-likeness (QED) is 0.847. The Morgan fingerprint density at radius 3 is 2.23 bits per heavy atom. The molecule has 22 heavy (non-hydrogen) atoms. The summed E-state index contributed by atoms with van der Waals surface area (Å²) >= 11 is 0. The molecule has 3 heterocycles. The lowest BCUT2D eigenvalue weighted by atomic mass is 9.68. The minimum Gasteiger partial charge on any atom is -0.343 e. The standard InChI is InChI=1S/C19H32N2O/c22-18(14-15-12-16-4-5-17(13-15)20-16)21-10-8-19(9-11-21)6-2-1-3-7-19/h15-17,20H,1-14H2. The summed E-state index contributed by atoms with van der Waals surface area (Å²) in [6, 6.07) is 1.42. The van der Waals surface area contributed by atoms with E-state index in [2.05, 4.69) is 10.2 Å². The first-order chi connectivity index (χ1) is 10.7. The van der Waals surface area contributed by atoms with Crippen LogP contribution in [0.3, 0.4) is 0 Å². The number of rotatable bonds is 2. The van der Waals surface area contributed by atoms with Crippen LogP contribution in [0.15, 0.2) is 0 Å². The van der Waals surface area contributed by atoms with Gasteiger partial charge in [0.15, 0.2) is 0 Å². The molecule has 3 nitrogen and oxygen atoms in total. The molecule has 4 fully saturated rings. The Kier molecular flexibility index (Phi) is 4.19. The van der Waals surface area contributed by atoms with Crippen molar-refractivity contribution in [2.75, 3.05) is 13.1 Å². The molecule has 1 spiro atoms. The molecule has 0 aromatic carbocycles. The summed E-state index contributed by atoms with van der Waals surface area (Å²) in [5, 5.41) is 3.69. The Hall–Kier alpha value is -0.570. The van der Waals surface area contributed by atoms with Crippen molar-refractivity contribution < 1.29 is 4.79 Å². The van der Waals surface area contributed by atoms with Crippen LogP contribution in [0.2, 0.25) is 0 Å². The molecule has 2 bridgehead atoms. The predicted octanol–water partition coefficient (Wildman–Crippen LogP) is 3.48. The third kappa shape index (κ3) is 3.06. The zero-order valence-electron chi connectivity index (χ0n) is 14.0. The molecule has 3 aliphatic heterocycles. The van der Waals surface area contributed by atoms with Gasteiger partial charge in [-0.15, -0.1) is 0 Å². The fourth-order valence-corrected chi connectivity index (χ4v) is 5.75. The highest BCUT2D eigenvalue weighted by Crippen LogP contribution is 2.44. The molecule has 1 saturated carbocycles. The first-order valence-electron chi connectivity index (χ1n) is 9.76. The number of carbonyl (C=O) groups excluding carboxylic acids is 1. The van der Waals surface area contributed by atoms with Crippen LogP contribution in [0, 0.1) is 11.3 Å². The van der Waals surface area contributed by atoms with Crippen molar-refractivity contribution in [1.82, 2.24) is 10.2 Å². The van der Waals surface area contributed by atoms with E-state index < -0.39 is 0 Å². The summed E-state index contributed by atoms with van der Waals surface area (Å²) in [6.45, 7) is 2.08. The van der Waals surface area contributed by atoms with Gasteiger partial charge >= 0.3 is 0 Å². The largest absolute Gasteiger partial charge is 0.343 e. The summed E-state index contributed by atoms with van der Waals surface area (Å²) in [5.74, 6) is 1.11. The number of piperidine rings is 2. The van der Waals surface area contributed by atoms with Crippen molar-refractivity contribution in [3.63, 3.8) is 0 Å². The van der Waals surface area contributed by atoms with Crippen molar-refractivity contribution in [3.05, 3.63) is 0 Å². The molecule has 1 amide bonds. The SMILES string of the molecule is O=C(CC1CC2CCC(C1)N2)N1CCC2(CCCCC2)CC1. The van der Waals surface area contributed by atoms with Crippen LogP contribution in [0.5, 0.6) is 0 Å². The van der Waals surface area contributed by atoms with Crippen LogP contribution < -0.4 is 5.32 Å². The molecule has 2 unspecified atom stereocenters. The molecule has 124 valence electrons. The second-order valence-corrected chi connectivity index (χ2v) is 8.62. The average Bonchev–Trinajstić information content (AvgIpc) is 2.87. The fourth-order valence-electron chi connectivity index (χ4n) is 5.75. The van der Waals surface area contributed by atoms with Crippen LogP contribution in [0.25, 0.3) is 0 Å². The molecule has 2 atom stereocenters. The monoisotopic (exact) mass is 304 g/mol. The molecule has 0 aromatic heterocycles. The Morgan fingerprint density at radius 1 is 0.955 bits per heavy atom. The van der Waals surface area contributed by atoms with E-state index in [1.54, 1.807) is 0 Å². The van der Waals surface area contributed by atoms with E-state index in [4.69, 9.17) is 0 Å². The number of amides is 1. The van der Waals surface area contributed by atoms with Gasteiger partial charge < -0.3 is 10.2 Å². The summed E-state index contributed by atoms with van der Waals surface area (Å²) < 4.78 is 0. The number of likely N-dealkylation sites (tertiary alicyclic amines) is 1. The van der Waals surface area contributed by atoms with Crippen LogP contribution >= 0.6 is 0 Å². The summed E-state index contributed by atoms with van der Waals surface area (Å²) in [4.78, 5) is 14.9. The molecular weight excluding hydrogens is 272 g/mol. The summed E-state index contributed by atoms with van der Waals surface area (Å²) in [5.41, 5.74) is 0.614. The van der Waals surface area contributed by atoms with Gasteiger partial charge in [0.05, 0.1) is 0 Å². The minimum atomic E-state index is 0.456. The molecule has 1 aliphatic carbocycles. The highest BCUT2D eigenvalue weighted by Gasteiger charge is 2.38. The Bertz CT molecular complexity index is 394. The van der Waals surface area contributed by atoms with E-state index in [9.17, 15) is 4.79 Å². The van der Waals surface area contributed by atoms with E-state index in [0.29, 0.717) is 29.3 Å². The molecule has 4 aliphatic rings.